The molecule has 2 aromatic rings. The molecule has 24 heavy (non-hydrogen) atoms. The molecule has 0 saturated heterocycles. The second-order valence-corrected chi connectivity index (χ2v) is 6.76. The number of benzene rings is 2. The van der Waals surface area contributed by atoms with Gasteiger partial charge in [-0.1, -0.05) is 12.1 Å². The van der Waals surface area contributed by atoms with Crippen LogP contribution in [0.5, 0.6) is 11.5 Å². The molecule has 0 fully saturated rings. The van der Waals surface area contributed by atoms with Crippen LogP contribution < -0.4 is 4.74 Å². The van der Waals surface area contributed by atoms with E-state index in [1.807, 2.05) is 0 Å². The SMILES string of the molecule is COC(=O)c1ccccc1Oc1ccc(S(C)(=O)=O)cc1[N+](=O)[O-]. The minimum Gasteiger partial charge on any atom is -0.465 e. The maximum Gasteiger partial charge on any atom is 0.341 e. The topological polar surface area (TPSA) is 113 Å². The van der Waals surface area contributed by atoms with Gasteiger partial charge in [-0.05, 0) is 24.3 Å². The quantitative estimate of drug-likeness (QED) is 0.462. The lowest BCUT2D eigenvalue weighted by atomic mass is 10.2. The average molecular weight is 351 g/mol. The van der Waals surface area contributed by atoms with Gasteiger partial charge in [0.2, 0.25) is 5.75 Å². The lowest BCUT2D eigenvalue weighted by Gasteiger charge is -2.10. The highest BCUT2D eigenvalue weighted by Gasteiger charge is 2.22. The smallest absolute Gasteiger partial charge is 0.341 e. The Morgan fingerprint density at radius 1 is 1.12 bits per heavy atom. The molecule has 0 bridgehead atoms. The molecule has 0 saturated carbocycles. The summed E-state index contributed by atoms with van der Waals surface area (Å²) in [4.78, 5) is 22.0. The number of esters is 1. The molecule has 0 aromatic heterocycles. The van der Waals surface area contributed by atoms with Crippen molar-refractivity contribution in [2.75, 3.05) is 13.4 Å². The molecule has 0 aliphatic rings. The Bertz CT molecular complexity index is 906. The largest absolute Gasteiger partial charge is 0.465 e. The molecule has 0 atom stereocenters. The van der Waals surface area contributed by atoms with E-state index in [4.69, 9.17) is 4.74 Å². The van der Waals surface area contributed by atoms with E-state index in [2.05, 4.69) is 4.74 Å². The van der Waals surface area contributed by atoms with Gasteiger partial charge in [0.25, 0.3) is 0 Å². The molecule has 0 spiro atoms. The van der Waals surface area contributed by atoms with Gasteiger partial charge in [0, 0.05) is 12.3 Å². The number of nitrogens with zero attached hydrogens (tertiary/aromatic N) is 1. The molecule has 0 unspecified atom stereocenters. The third-order valence-corrected chi connectivity index (χ3v) is 4.18. The lowest BCUT2D eigenvalue weighted by Crippen LogP contribution is -2.04. The molecule has 0 heterocycles. The van der Waals surface area contributed by atoms with Crippen molar-refractivity contribution >= 4 is 21.5 Å². The molecule has 2 rings (SSSR count). The molecule has 0 radical (unpaired) electrons. The molecule has 8 nitrogen and oxygen atoms in total. The number of rotatable bonds is 5. The molecule has 126 valence electrons. The molecule has 0 aliphatic heterocycles. The molecule has 0 N–H and O–H groups in total. The van der Waals surface area contributed by atoms with Crippen LogP contribution in [0.2, 0.25) is 0 Å². The Morgan fingerprint density at radius 2 is 1.79 bits per heavy atom. The van der Waals surface area contributed by atoms with Crippen LogP contribution in [0.1, 0.15) is 10.4 Å². The fourth-order valence-electron chi connectivity index (χ4n) is 1.91. The van der Waals surface area contributed by atoms with Gasteiger partial charge in [-0.25, -0.2) is 13.2 Å². The number of hydrogen-bond donors (Lipinski definition) is 0. The average Bonchev–Trinajstić information content (AvgIpc) is 2.53. The van der Waals surface area contributed by atoms with Crippen molar-refractivity contribution in [1.29, 1.82) is 0 Å². The van der Waals surface area contributed by atoms with Crippen molar-refractivity contribution in [3.63, 3.8) is 0 Å². The van der Waals surface area contributed by atoms with Gasteiger partial charge >= 0.3 is 11.7 Å². The highest BCUT2D eigenvalue weighted by molar-refractivity contribution is 7.90. The standard InChI is InChI=1S/C15H13NO7S/c1-22-15(17)11-5-3-4-6-13(11)23-14-8-7-10(24(2,20)21)9-12(14)16(18)19/h3-9H,1-2H3. The number of para-hydroxylation sites is 1. The number of nitro groups is 1. The number of nitro benzene ring substituents is 1. The molecule has 9 heteroatoms. The summed E-state index contributed by atoms with van der Waals surface area (Å²) < 4.78 is 33.1. The van der Waals surface area contributed by atoms with E-state index in [1.165, 1.54) is 31.4 Å². The van der Waals surface area contributed by atoms with Crippen molar-refractivity contribution < 1.29 is 27.6 Å². The first-order valence-electron chi connectivity index (χ1n) is 6.57. The maximum absolute atomic E-state index is 11.7. The van der Waals surface area contributed by atoms with E-state index in [0.717, 1.165) is 12.3 Å². The van der Waals surface area contributed by atoms with E-state index >= 15 is 0 Å². The zero-order chi connectivity index (χ0) is 17.9. The number of carbonyl (C=O) groups is 1. The summed E-state index contributed by atoms with van der Waals surface area (Å²) in [6.07, 6.45) is 0.944. The Balaban J connectivity index is 2.52. The molecular formula is C15H13NO7S. The highest BCUT2D eigenvalue weighted by atomic mass is 32.2. The van der Waals surface area contributed by atoms with Crippen LogP contribution in [0.4, 0.5) is 5.69 Å². The van der Waals surface area contributed by atoms with Gasteiger partial charge in [-0.15, -0.1) is 0 Å². The fraction of sp³-hybridized carbons (Fsp3) is 0.133. The Morgan fingerprint density at radius 3 is 2.38 bits per heavy atom. The van der Waals surface area contributed by atoms with Crippen molar-refractivity contribution in [3.05, 3.63) is 58.1 Å². The van der Waals surface area contributed by atoms with Crippen LogP contribution in [0.3, 0.4) is 0 Å². The molecule has 0 aliphatic carbocycles. The van der Waals surface area contributed by atoms with Gasteiger partial charge in [0.15, 0.2) is 9.84 Å². The Hall–Kier alpha value is -2.94. The van der Waals surface area contributed by atoms with Crippen LogP contribution in [-0.2, 0) is 14.6 Å². The fourth-order valence-corrected chi connectivity index (χ4v) is 2.55. The normalized spacial score (nSPS) is 10.9. The first kappa shape index (κ1) is 17.4. The third-order valence-electron chi connectivity index (χ3n) is 3.07. The Kier molecular flexibility index (Phi) is 4.84. The van der Waals surface area contributed by atoms with Gasteiger partial charge in [-0.2, -0.15) is 0 Å². The minimum absolute atomic E-state index is 0.0551. The van der Waals surface area contributed by atoms with Crippen molar-refractivity contribution in [1.82, 2.24) is 0 Å². The lowest BCUT2D eigenvalue weighted by molar-refractivity contribution is -0.385. The zero-order valence-corrected chi connectivity index (χ0v) is 13.6. The Labute approximate surface area is 137 Å². The zero-order valence-electron chi connectivity index (χ0n) is 12.8. The van der Waals surface area contributed by atoms with E-state index in [9.17, 15) is 23.3 Å². The van der Waals surface area contributed by atoms with Crippen molar-refractivity contribution in [3.8, 4) is 11.5 Å². The van der Waals surface area contributed by atoms with Crippen LogP contribution in [0.25, 0.3) is 0 Å². The summed E-state index contributed by atoms with van der Waals surface area (Å²) in [7, 11) is -2.41. The summed E-state index contributed by atoms with van der Waals surface area (Å²) in [5.74, 6) is -0.802. The summed E-state index contributed by atoms with van der Waals surface area (Å²) in [6, 6.07) is 9.32. The molecular weight excluding hydrogens is 338 g/mol. The number of carbonyl (C=O) groups excluding carboxylic acids is 1. The minimum atomic E-state index is -3.61. The van der Waals surface area contributed by atoms with Crippen LogP contribution in [0, 0.1) is 10.1 Å². The van der Waals surface area contributed by atoms with E-state index in [-0.39, 0.29) is 22.0 Å². The summed E-state index contributed by atoms with van der Waals surface area (Å²) in [6.45, 7) is 0. The van der Waals surface area contributed by atoms with Crippen molar-refractivity contribution in [2.24, 2.45) is 0 Å². The monoisotopic (exact) mass is 351 g/mol. The van der Waals surface area contributed by atoms with E-state index in [0.29, 0.717) is 0 Å². The molecule has 0 amide bonds. The van der Waals surface area contributed by atoms with Gasteiger partial charge in [-0.3, -0.25) is 10.1 Å². The number of hydrogen-bond acceptors (Lipinski definition) is 7. The van der Waals surface area contributed by atoms with Crippen LogP contribution in [0.15, 0.2) is 47.4 Å². The first-order valence-corrected chi connectivity index (χ1v) is 8.47. The maximum atomic E-state index is 11.7. The summed E-state index contributed by atoms with van der Waals surface area (Å²) >= 11 is 0. The predicted octanol–water partition coefficient (Wildman–Crippen LogP) is 2.58. The van der Waals surface area contributed by atoms with Gasteiger partial charge in [0.1, 0.15) is 11.3 Å². The first-order chi connectivity index (χ1) is 11.2. The predicted molar refractivity (Wildman–Crippen MR) is 84.1 cm³/mol. The highest BCUT2D eigenvalue weighted by Crippen LogP contribution is 2.34. The number of methoxy groups -OCH3 is 1. The van der Waals surface area contributed by atoms with Gasteiger partial charge < -0.3 is 9.47 Å². The van der Waals surface area contributed by atoms with E-state index < -0.39 is 26.4 Å². The second kappa shape index (κ2) is 6.67. The van der Waals surface area contributed by atoms with Crippen molar-refractivity contribution in [2.45, 2.75) is 4.90 Å². The third kappa shape index (κ3) is 3.69. The number of ether oxygens (including phenoxy) is 2. The summed E-state index contributed by atoms with van der Waals surface area (Å²) in [5.41, 5.74) is -0.445. The van der Waals surface area contributed by atoms with Gasteiger partial charge in [0.05, 0.1) is 16.9 Å². The molecule has 2 aromatic carbocycles. The van der Waals surface area contributed by atoms with Crippen LogP contribution in [-0.4, -0.2) is 32.7 Å². The summed E-state index contributed by atoms with van der Waals surface area (Å²) in [5, 5.41) is 11.2. The second-order valence-electron chi connectivity index (χ2n) is 4.75. The van der Waals surface area contributed by atoms with Crippen LogP contribution >= 0.6 is 0 Å². The number of sulfone groups is 1. The van der Waals surface area contributed by atoms with E-state index in [1.54, 1.807) is 12.1 Å².